The first-order chi connectivity index (χ1) is 6.18. The Morgan fingerprint density at radius 3 is 2.69 bits per heavy atom. The van der Waals surface area contributed by atoms with Crippen molar-refractivity contribution in [3.63, 3.8) is 0 Å². The minimum atomic E-state index is -1.27. The van der Waals surface area contributed by atoms with Gasteiger partial charge in [-0.3, -0.25) is 5.21 Å². The molecule has 1 aromatic rings. The van der Waals surface area contributed by atoms with E-state index in [1.807, 2.05) is 0 Å². The molecule has 0 spiro atoms. The molecule has 0 saturated heterocycles. The van der Waals surface area contributed by atoms with Gasteiger partial charge in [0.2, 0.25) is 12.4 Å². The molecule has 70 valence electrons. The average molecular weight is 182 g/mol. The summed E-state index contributed by atoms with van der Waals surface area (Å²) in [5.41, 5.74) is 0.944. The van der Waals surface area contributed by atoms with Crippen LogP contribution in [0.5, 0.6) is 0 Å². The third kappa shape index (κ3) is 3.42. The SMILES string of the molecule is O=C([O-])NCCc1cc[n+](O)cc1. The fraction of sp³-hybridized carbons (Fsp3) is 0.250. The van der Waals surface area contributed by atoms with Crippen LogP contribution in [0.1, 0.15) is 5.56 Å². The quantitative estimate of drug-likeness (QED) is 0.450. The van der Waals surface area contributed by atoms with Gasteiger partial charge in [0.15, 0.2) is 0 Å². The van der Waals surface area contributed by atoms with Crippen molar-refractivity contribution in [1.29, 1.82) is 0 Å². The monoisotopic (exact) mass is 182 g/mol. The fourth-order valence-corrected chi connectivity index (χ4v) is 0.925. The minimum absolute atomic E-state index is 0.317. The molecule has 1 amide bonds. The van der Waals surface area contributed by atoms with Gasteiger partial charge in [0.25, 0.3) is 0 Å². The van der Waals surface area contributed by atoms with Gasteiger partial charge in [0.05, 0.1) is 0 Å². The zero-order chi connectivity index (χ0) is 9.68. The molecule has 0 unspecified atom stereocenters. The molecule has 1 heterocycles. The highest BCUT2D eigenvalue weighted by molar-refractivity contribution is 5.61. The van der Waals surface area contributed by atoms with E-state index in [2.05, 4.69) is 5.32 Å². The first-order valence-corrected chi connectivity index (χ1v) is 3.83. The van der Waals surface area contributed by atoms with Gasteiger partial charge in [-0.25, -0.2) is 0 Å². The van der Waals surface area contributed by atoms with Crippen molar-refractivity contribution >= 4 is 6.09 Å². The number of hydrogen-bond acceptors (Lipinski definition) is 3. The Labute approximate surface area is 75.2 Å². The molecule has 0 fully saturated rings. The summed E-state index contributed by atoms with van der Waals surface area (Å²) in [5.74, 6) is 0. The number of carbonyl (C=O) groups excluding carboxylic acids is 1. The molecule has 0 bridgehead atoms. The van der Waals surface area contributed by atoms with E-state index in [-0.39, 0.29) is 0 Å². The Morgan fingerprint density at radius 2 is 2.15 bits per heavy atom. The van der Waals surface area contributed by atoms with Crippen molar-refractivity contribution in [3.8, 4) is 0 Å². The lowest BCUT2D eigenvalue weighted by Gasteiger charge is -2.04. The van der Waals surface area contributed by atoms with E-state index in [1.54, 1.807) is 12.1 Å². The number of pyridine rings is 1. The Hall–Kier alpha value is -1.78. The first-order valence-electron chi connectivity index (χ1n) is 3.83. The maximum Gasteiger partial charge on any atom is 0.222 e. The van der Waals surface area contributed by atoms with E-state index in [4.69, 9.17) is 5.21 Å². The predicted octanol–water partition coefficient (Wildman–Crippen LogP) is -1.31. The highest BCUT2D eigenvalue weighted by atomic mass is 16.5. The standard InChI is InChI=1S/C8H10N2O3/c11-8(12)9-4-1-7-2-5-10(13)6-3-7/h2-3,5-6,9H,1,4H2,(H-,11,12,13). The van der Waals surface area contributed by atoms with E-state index < -0.39 is 6.09 Å². The van der Waals surface area contributed by atoms with Crippen LogP contribution in [-0.4, -0.2) is 17.8 Å². The lowest BCUT2D eigenvalue weighted by Crippen LogP contribution is -2.37. The van der Waals surface area contributed by atoms with Crippen LogP contribution in [-0.2, 0) is 6.42 Å². The lowest BCUT2D eigenvalue weighted by molar-refractivity contribution is -0.904. The number of hydrogen-bond donors (Lipinski definition) is 2. The molecule has 0 aliphatic rings. The minimum Gasteiger partial charge on any atom is -0.530 e. The van der Waals surface area contributed by atoms with Gasteiger partial charge >= 0.3 is 0 Å². The van der Waals surface area contributed by atoms with Gasteiger partial charge in [0.1, 0.15) is 6.09 Å². The van der Waals surface area contributed by atoms with Crippen LogP contribution in [0.3, 0.4) is 0 Å². The second-order valence-electron chi connectivity index (χ2n) is 2.55. The highest BCUT2D eigenvalue weighted by Gasteiger charge is 1.96. The summed E-state index contributed by atoms with van der Waals surface area (Å²) in [6, 6.07) is 3.41. The summed E-state index contributed by atoms with van der Waals surface area (Å²) in [5, 5.41) is 21.0. The number of carbonyl (C=O) groups is 1. The van der Waals surface area contributed by atoms with Crippen LogP contribution in [0.15, 0.2) is 24.5 Å². The van der Waals surface area contributed by atoms with Crippen LogP contribution in [0.25, 0.3) is 0 Å². The third-order valence-corrected chi connectivity index (χ3v) is 1.57. The first kappa shape index (κ1) is 9.31. The summed E-state index contributed by atoms with van der Waals surface area (Å²) < 4.78 is 0.926. The van der Waals surface area contributed by atoms with E-state index in [1.165, 1.54) is 12.4 Å². The normalized spacial score (nSPS) is 9.54. The lowest BCUT2D eigenvalue weighted by atomic mass is 10.2. The van der Waals surface area contributed by atoms with Crippen molar-refractivity contribution in [2.75, 3.05) is 6.54 Å². The largest absolute Gasteiger partial charge is 0.530 e. The van der Waals surface area contributed by atoms with Crippen molar-refractivity contribution in [3.05, 3.63) is 30.1 Å². The van der Waals surface area contributed by atoms with Gasteiger partial charge in [0, 0.05) is 23.4 Å². The van der Waals surface area contributed by atoms with E-state index in [0.717, 1.165) is 10.3 Å². The van der Waals surface area contributed by atoms with Gasteiger partial charge in [-0.15, -0.1) is 0 Å². The Morgan fingerprint density at radius 1 is 1.54 bits per heavy atom. The summed E-state index contributed by atoms with van der Waals surface area (Å²) in [7, 11) is 0. The number of nitrogens with zero attached hydrogens (tertiary/aromatic N) is 1. The van der Waals surface area contributed by atoms with Crippen LogP contribution in [0.4, 0.5) is 4.79 Å². The topological polar surface area (TPSA) is 76.3 Å². The van der Waals surface area contributed by atoms with Crippen molar-refractivity contribution < 1.29 is 19.8 Å². The molecule has 0 saturated carbocycles. The number of aromatic nitrogens is 1. The second kappa shape index (κ2) is 4.30. The summed E-state index contributed by atoms with van der Waals surface area (Å²) >= 11 is 0. The average Bonchev–Trinajstić information content (AvgIpc) is 2.08. The van der Waals surface area contributed by atoms with Gasteiger partial charge in [-0.2, -0.15) is 0 Å². The summed E-state index contributed by atoms with van der Waals surface area (Å²) in [6.45, 7) is 0.317. The molecule has 5 heteroatoms. The Balaban J connectivity index is 2.37. The molecule has 13 heavy (non-hydrogen) atoms. The van der Waals surface area contributed by atoms with Crippen LogP contribution < -0.4 is 15.2 Å². The number of amides is 1. The van der Waals surface area contributed by atoms with Crippen molar-refractivity contribution in [1.82, 2.24) is 5.32 Å². The van der Waals surface area contributed by atoms with Gasteiger partial charge < -0.3 is 15.2 Å². The van der Waals surface area contributed by atoms with Crippen LogP contribution in [0.2, 0.25) is 0 Å². The summed E-state index contributed by atoms with van der Waals surface area (Å²) in [4.78, 5) is 9.98. The zero-order valence-electron chi connectivity index (χ0n) is 6.93. The molecule has 0 aliphatic heterocycles. The molecule has 0 aliphatic carbocycles. The van der Waals surface area contributed by atoms with Crippen molar-refractivity contribution in [2.45, 2.75) is 6.42 Å². The van der Waals surface area contributed by atoms with E-state index in [0.29, 0.717) is 13.0 Å². The number of rotatable bonds is 3. The second-order valence-corrected chi connectivity index (χ2v) is 2.55. The smallest absolute Gasteiger partial charge is 0.222 e. The Bertz CT molecular complexity index is 284. The van der Waals surface area contributed by atoms with E-state index in [9.17, 15) is 9.90 Å². The number of nitrogens with one attached hydrogen (secondary N) is 1. The molecular formula is C8H10N2O3. The molecule has 0 aromatic carbocycles. The molecule has 2 N–H and O–H groups in total. The Kier molecular flexibility index (Phi) is 3.08. The molecule has 0 radical (unpaired) electrons. The van der Waals surface area contributed by atoms with E-state index >= 15 is 0 Å². The third-order valence-electron chi connectivity index (χ3n) is 1.57. The van der Waals surface area contributed by atoms with Crippen LogP contribution >= 0.6 is 0 Å². The maximum absolute atomic E-state index is 9.98. The number of carboxylic acid groups (broad SMARTS) is 1. The fourth-order valence-electron chi connectivity index (χ4n) is 0.925. The molecule has 1 rings (SSSR count). The summed E-state index contributed by atoms with van der Waals surface area (Å²) in [6.07, 6.45) is 2.27. The van der Waals surface area contributed by atoms with Crippen LogP contribution in [0, 0.1) is 0 Å². The van der Waals surface area contributed by atoms with Gasteiger partial charge in [-0.1, -0.05) is 0 Å². The molecule has 1 aromatic heterocycles. The highest BCUT2D eigenvalue weighted by Crippen LogP contribution is 1.94. The predicted molar refractivity (Wildman–Crippen MR) is 40.9 cm³/mol. The zero-order valence-corrected chi connectivity index (χ0v) is 6.93. The van der Waals surface area contributed by atoms with Crippen molar-refractivity contribution in [2.24, 2.45) is 0 Å². The molecular weight excluding hydrogens is 172 g/mol. The molecule has 5 nitrogen and oxygen atoms in total. The van der Waals surface area contributed by atoms with Gasteiger partial charge in [-0.05, 0) is 12.0 Å². The maximum atomic E-state index is 9.98. The molecule has 0 atom stereocenters.